The highest BCUT2D eigenvalue weighted by Gasteiger charge is 2.10. The molecule has 0 aliphatic carbocycles. The largest absolute Gasteiger partial charge is 0.398 e. The molecule has 94 valence electrons. The summed E-state index contributed by atoms with van der Waals surface area (Å²) in [5.41, 5.74) is 8.32. The van der Waals surface area contributed by atoms with Crippen molar-refractivity contribution in [3.05, 3.63) is 40.7 Å². The quantitative estimate of drug-likeness (QED) is 0.812. The Morgan fingerprint density at radius 1 is 1.50 bits per heavy atom. The molecule has 18 heavy (non-hydrogen) atoms. The lowest BCUT2D eigenvalue weighted by atomic mass is 10.2. The van der Waals surface area contributed by atoms with Crippen molar-refractivity contribution >= 4 is 23.2 Å². The van der Waals surface area contributed by atoms with E-state index in [1.807, 2.05) is 6.92 Å². The number of aryl methyl sites for hydroxylation is 1. The van der Waals surface area contributed by atoms with E-state index in [0.29, 0.717) is 16.4 Å². The van der Waals surface area contributed by atoms with Gasteiger partial charge in [-0.05, 0) is 30.7 Å². The molecule has 2 aromatic rings. The summed E-state index contributed by atoms with van der Waals surface area (Å²) >= 11 is 5.99. The number of anilines is 1. The number of hydrogen-bond acceptors (Lipinski definition) is 3. The van der Waals surface area contributed by atoms with E-state index in [0.717, 1.165) is 11.3 Å². The van der Waals surface area contributed by atoms with Crippen LogP contribution in [-0.4, -0.2) is 22.7 Å². The minimum Gasteiger partial charge on any atom is -0.398 e. The van der Waals surface area contributed by atoms with Crippen LogP contribution in [-0.2, 0) is 0 Å². The normalized spacial score (nSPS) is 10.4. The average Bonchev–Trinajstić information content (AvgIpc) is 2.82. The third kappa shape index (κ3) is 2.17. The molecule has 0 aliphatic heterocycles. The Labute approximate surface area is 110 Å². The summed E-state index contributed by atoms with van der Waals surface area (Å²) in [6, 6.07) is 5.15. The lowest BCUT2D eigenvalue weighted by molar-refractivity contribution is 0.0957. The number of rotatable bonds is 2. The first-order chi connectivity index (χ1) is 8.52. The average molecular weight is 265 g/mol. The lowest BCUT2D eigenvalue weighted by Crippen LogP contribution is -2.18. The number of hydrogen-bond donors (Lipinski definition) is 2. The Balaban J connectivity index is 2.46. The fraction of sp³-hybridized carbons (Fsp3) is 0.167. The molecule has 0 saturated carbocycles. The Kier molecular flexibility index (Phi) is 3.25. The molecule has 1 amide bonds. The maximum Gasteiger partial charge on any atom is 0.271 e. The molecule has 0 bridgehead atoms. The van der Waals surface area contributed by atoms with Gasteiger partial charge < -0.3 is 11.1 Å². The number of nitrogen functional groups attached to an aromatic ring is 1. The van der Waals surface area contributed by atoms with Crippen LogP contribution in [0, 0.1) is 6.92 Å². The van der Waals surface area contributed by atoms with E-state index in [1.54, 1.807) is 36.1 Å². The summed E-state index contributed by atoms with van der Waals surface area (Å²) in [7, 11) is 1.56. The van der Waals surface area contributed by atoms with Crippen LogP contribution in [0.5, 0.6) is 0 Å². The van der Waals surface area contributed by atoms with Gasteiger partial charge >= 0.3 is 0 Å². The zero-order valence-electron chi connectivity index (χ0n) is 10.1. The molecule has 2 rings (SSSR count). The summed E-state index contributed by atoms with van der Waals surface area (Å²) in [6.45, 7) is 1.91. The smallest absolute Gasteiger partial charge is 0.271 e. The van der Waals surface area contributed by atoms with Crippen LogP contribution in [0.15, 0.2) is 24.4 Å². The van der Waals surface area contributed by atoms with Crippen molar-refractivity contribution in [2.24, 2.45) is 0 Å². The Morgan fingerprint density at radius 3 is 2.89 bits per heavy atom. The van der Waals surface area contributed by atoms with Gasteiger partial charge in [0.1, 0.15) is 0 Å². The lowest BCUT2D eigenvalue weighted by Gasteiger charge is -2.08. The first-order valence-corrected chi connectivity index (χ1v) is 5.74. The fourth-order valence-corrected chi connectivity index (χ4v) is 1.81. The molecule has 0 radical (unpaired) electrons. The van der Waals surface area contributed by atoms with Crippen LogP contribution in [0.25, 0.3) is 5.69 Å². The number of nitrogens with zero attached hydrogens (tertiary/aromatic N) is 2. The highest BCUT2D eigenvalue weighted by atomic mass is 35.5. The second kappa shape index (κ2) is 4.70. The highest BCUT2D eigenvalue weighted by molar-refractivity contribution is 6.33. The van der Waals surface area contributed by atoms with Crippen LogP contribution in [0.3, 0.4) is 0 Å². The molecular weight excluding hydrogens is 252 g/mol. The van der Waals surface area contributed by atoms with E-state index in [-0.39, 0.29) is 5.91 Å². The van der Waals surface area contributed by atoms with E-state index in [9.17, 15) is 4.79 Å². The summed E-state index contributed by atoms with van der Waals surface area (Å²) in [5.74, 6) is -0.229. The number of carbonyl (C=O) groups excluding carboxylic acids is 1. The van der Waals surface area contributed by atoms with Crippen molar-refractivity contribution in [1.29, 1.82) is 0 Å². The van der Waals surface area contributed by atoms with Crippen LogP contribution in [0.1, 0.15) is 16.1 Å². The molecule has 0 fully saturated rings. The predicted molar refractivity (Wildman–Crippen MR) is 71.1 cm³/mol. The zero-order chi connectivity index (χ0) is 13.3. The summed E-state index contributed by atoms with van der Waals surface area (Å²) in [4.78, 5) is 11.4. The maximum atomic E-state index is 11.4. The highest BCUT2D eigenvalue weighted by Crippen LogP contribution is 2.25. The molecule has 0 unspecified atom stereocenters. The van der Waals surface area contributed by atoms with Crippen LogP contribution < -0.4 is 11.1 Å². The molecule has 0 saturated heterocycles. The summed E-state index contributed by atoms with van der Waals surface area (Å²) < 4.78 is 1.60. The third-order valence-electron chi connectivity index (χ3n) is 2.61. The summed E-state index contributed by atoms with van der Waals surface area (Å²) in [6.07, 6.45) is 1.71. The van der Waals surface area contributed by atoms with E-state index in [4.69, 9.17) is 17.3 Å². The van der Waals surface area contributed by atoms with Gasteiger partial charge in [0.05, 0.1) is 16.4 Å². The number of nitrogens with one attached hydrogen (secondary N) is 1. The minimum absolute atomic E-state index is 0.229. The zero-order valence-corrected chi connectivity index (χ0v) is 10.8. The number of aromatic nitrogens is 2. The van der Waals surface area contributed by atoms with E-state index in [1.165, 1.54) is 0 Å². The van der Waals surface area contributed by atoms with Gasteiger partial charge in [0.25, 0.3) is 5.91 Å². The van der Waals surface area contributed by atoms with E-state index in [2.05, 4.69) is 10.4 Å². The topological polar surface area (TPSA) is 72.9 Å². The summed E-state index contributed by atoms with van der Waals surface area (Å²) in [5, 5.41) is 7.17. The first-order valence-electron chi connectivity index (χ1n) is 5.36. The van der Waals surface area contributed by atoms with Crippen LogP contribution >= 0.6 is 11.6 Å². The van der Waals surface area contributed by atoms with Gasteiger partial charge in [-0.25, -0.2) is 4.68 Å². The monoisotopic (exact) mass is 264 g/mol. The predicted octanol–water partition coefficient (Wildman–Crippen LogP) is 1.78. The standard InChI is InChI=1S/C12H13ClN4O/c1-7-5-9(14)8(13)6-11(7)17-4-3-10(16-17)12(18)15-2/h3-6H,14H2,1-2H3,(H,15,18). The molecule has 3 N–H and O–H groups in total. The SMILES string of the molecule is CNC(=O)c1ccn(-c2cc(Cl)c(N)cc2C)n1. The second-order valence-electron chi connectivity index (χ2n) is 3.88. The van der Waals surface area contributed by atoms with Crippen molar-refractivity contribution in [3.8, 4) is 5.69 Å². The van der Waals surface area contributed by atoms with Gasteiger partial charge in [-0.15, -0.1) is 0 Å². The van der Waals surface area contributed by atoms with E-state index >= 15 is 0 Å². The molecule has 0 spiro atoms. The van der Waals surface area contributed by atoms with Gasteiger partial charge in [-0.3, -0.25) is 4.79 Å². The molecule has 6 heteroatoms. The van der Waals surface area contributed by atoms with Gasteiger partial charge in [-0.1, -0.05) is 11.6 Å². The van der Waals surface area contributed by atoms with Crippen molar-refractivity contribution in [3.63, 3.8) is 0 Å². The van der Waals surface area contributed by atoms with Gasteiger partial charge in [-0.2, -0.15) is 5.10 Å². The van der Waals surface area contributed by atoms with Crippen LogP contribution in [0.4, 0.5) is 5.69 Å². The van der Waals surface area contributed by atoms with Gasteiger partial charge in [0, 0.05) is 13.2 Å². The van der Waals surface area contributed by atoms with Crippen molar-refractivity contribution < 1.29 is 4.79 Å². The molecule has 1 aromatic carbocycles. The number of carbonyl (C=O) groups is 1. The number of halogens is 1. The molecular formula is C12H13ClN4O. The first kappa shape index (κ1) is 12.4. The maximum absolute atomic E-state index is 11.4. The Morgan fingerprint density at radius 2 is 2.22 bits per heavy atom. The molecule has 0 aliphatic rings. The van der Waals surface area contributed by atoms with Crippen LogP contribution in [0.2, 0.25) is 5.02 Å². The number of amides is 1. The van der Waals surface area contributed by atoms with Crippen molar-refractivity contribution in [2.45, 2.75) is 6.92 Å². The van der Waals surface area contributed by atoms with E-state index < -0.39 is 0 Å². The minimum atomic E-state index is -0.229. The molecule has 0 atom stereocenters. The Bertz CT molecular complexity index is 606. The second-order valence-corrected chi connectivity index (χ2v) is 4.29. The molecule has 1 aromatic heterocycles. The number of benzene rings is 1. The number of nitrogens with two attached hydrogens (primary N) is 1. The molecule has 5 nitrogen and oxygen atoms in total. The van der Waals surface area contributed by atoms with Crippen molar-refractivity contribution in [1.82, 2.24) is 15.1 Å². The third-order valence-corrected chi connectivity index (χ3v) is 2.94. The van der Waals surface area contributed by atoms with Crippen molar-refractivity contribution in [2.75, 3.05) is 12.8 Å². The van der Waals surface area contributed by atoms with Gasteiger partial charge in [0.15, 0.2) is 5.69 Å². The Hall–Kier alpha value is -2.01. The molecule has 1 heterocycles. The van der Waals surface area contributed by atoms with Gasteiger partial charge in [0.2, 0.25) is 0 Å². The fourth-order valence-electron chi connectivity index (χ4n) is 1.65.